The van der Waals surface area contributed by atoms with Crippen molar-refractivity contribution in [2.24, 2.45) is 5.41 Å². The molecule has 14 nitrogen and oxygen atoms in total. The maximum absolute atomic E-state index is 15.7. The van der Waals surface area contributed by atoms with Gasteiger partial charge < -0.3 is 29.6 Å². The fourth-order valence-electron chi connectivity index (χ4n) is 4.26. The largest absolute Gasteiger partial charge is 0.476 e. The molecular formula is C27H38FN6O8P. The van der Waals surface area contributed by atoms with E-state index in [-0.39, 0.29) is 47.4 Å². The van der Waals surface area contributed by atoms with Gasteiger partial charge in [0, 0.05) is 0 Å². The van der Waals surface area contributed by atoms with E-state index in [4.69, 9.17) is 29.0 Å². The number of para-hydroxylation sites is 1. The fourth-order valence-corrected chi connectivity index (χ4v) is 5.76. The van der Waals surface area contributed by atoms with Gasteiger partial charge in [0.2, 0.25) is 11.8 Å². The number of aromatic nitrogens is 4. The highest BCUT2D eigenvalue weighted by atomic mass is 31.2. The number of carbonyl (C=O) groups is 1. The Morgan fingerprint density at radius 3 is 2.65 bits per heavy atom. The molecule has 1 aliphatic rings. The number of nitrogens with two attached hydrogens (primary N) is 1. The number of hydrogen-bond acceptors (Lipinski definition) is 12. The zero-order valence-electron chi connectivity index (χ0n) is 24.9. The molecule has 6 atom stereocenters. The predicted octanol–water partition coefficient (Wildman–Crippen LogP) is 3.56. The standard InChI is InChI=1S/C27H38FN6O8P/c1-7-38-22-19-21(31-25(29)32-22)34(15-30-19)24-27(6,36)20(28)18(41-24)13-40-43(37,42-17-11-9-8-10-12-17)33-16(2)23(35)39-14-26(3,4)5/h8-12,15-16,18,20,24,36H,7,13-14H2,1-6H3,(H,33,37)(H2,29,31,32)/t16?,18?,20-,24-,27-,43?/m1/s1. The Hall–Kier alpha value is -3.36. The zero-order valence-corrected chi connectivity index (χ0v) is 25.8. The molecule has 3 aromatic rings. The van der Waals surface area contributed by atoms with Crippen molar-refractivity contribution in [1.82, 2.24) is 24.6 Å². The fraction of sp³-hybridized carbons (Fsp3) is 0.556. The van der Waals surface area contributed by atoms with Crippen molar-refractivity contribution in [1.29, 1.82) is 0 Å². The Labute approximate surface area is 248 Å². The van der Waals surface area contributed by atoms with Crippen LogP contribution in [0.2, 0.25) is 0 Å². The maximum Gasteiger partial charge on any atom is 0.459 e. The van der Waals surface area contributed by atoms with Crippen LogP contribution in [0.1, 0.15) is 47.8 Å². The molecule has 0 bridgehead atoms. The van der Waals surface area contributed by atoms with Crippen LogP contribution in [0.5, 0.6) is 11.6 Å². The number of nitrogen functional groups attached to an aromatic ring is 1. The van der Waals surface area contributed by atoms with E-state index in [9.17, 15) is 14.5 Å². The quantitative estimate of drug-likeness (QED) is 0.197. The molecule has 1 aliphatic heterocycles. The van der Waals surface area contributed by atoms with E-state index in [0.717, 1.165) is 0 Å². The van der Waals surface area contributed by atoms with Crippen LogP contribution in [0.25, 0.3) is 11.2 Å². The van der Waals surface area contributed by atoms with E-state index in [0.29, 0.717) is 0 Å². The first-order valence-corrected chi connectivity index (χ1v) is 15.3. The smallest absolute Gasteiger partial charge is 0.459 e. The van der Waals surface area contributed by atoms with Crippen LogP contribution >= 0.6 is 7.75 Å². The summed E-state index contributed by atoms with van der Waals surface area (Å²) in [6.07, 6.45) is -3.47. The number of fused-ring (bicyclic) bond motifs is 1. The van der Waals surface area contributed by atoms with Gasteiger partial charge in [-0.2, -0.15) is 15.1 Å². The summed E-state index contributed by atoms with van der Waals surface area (Å²) in [5, 5.41) is 13.7. The molecule has 16 heteroatoms. The lowest BCUT2D eigenvalue weighted by atomic mass is 9.98. The molecule has 236 valence electrons. The summed E-state index contributed by atoms with van der Waals surface area (Å²) in [7, 11) is -4.33. The molecule has 43 heavy (non-hydrogen) atoms. The Morgan fingerprint density at radius 1 is 1.30 bits per heavy atom. The summed E-state index contributed by atoms with van der Waals surface area (Å²) >= 11 is 0. The minimum atomic E-state index is -4.33. The van der Waals surface area contributed by atoms with Gasteiger partial charge in [-0.25, -0.2) is 13.9 Å². The van der Waals surface area contributed by atoms with E-state index in [1.807, 2.05) is 20.8 Å². The van der Waals surface area contributed by atoms with Crippen molar-refractivity contribution in [2.75, 3.05) is 25.6 Å². The number of alkyl halides is 1. The van der Waals surface area contributed by atoms with Crippen LogP contribution in [0.3, 0.4) is 0 Å². The Balaban J connectivity index is 1.54. The van der Waals surface area contributed by atoms with Crippen LogP contribution in [0.15, 0.2) is 36.7 Å². The second-order valence-electron chi connectivity index (χ2n) is 11.5. The molecule has 3 unspecified atom stereocenters. The highest BCUT2D eigenvalue weighted by molar-refractivity contribution is 7.52. The highest BCUT2D eigenvalue weighted by Gasteiger charge is 2.55. The summed E-state index contributed by atoms with van der Waals surface area (Å²) in [5.41, 5.74) is 3.84. The summed E-state index contributed by atoms with van der Waals surface area (Å²) in [4.78, 5) is 25.1. The van der Waals surface area contributed by atoms with Crippen molar-refractivity contribution < 1.29 is 42.1 Å². The van der Waals surface area contributed by atoms with Crippen LogP contribution in [0.4, 0.5) is 10.3 Å². The van der Waals surface area contributed by atoms with E-state index >= 15 is 4.39 Å². The van der Waals surface area contributed by atoms with Gasteiger partial charge in [0.1, 0.15) is 23.5 Å². The lowest BCUT2D eigenvalue weighted by Crippen LogP contribution is -2.42. The molecular weight excluding hydrogens is 586 g/mol. The molecule has 0 saturated carbocycles. The number of imidazole rings is 1. The lowest BCUT2D eigenvalue weighted by Gasteiger charge is -2.26. The summed E-state index contributed by atoms with van der Waals surface area (Å²) < 4.78 is 58.8. The van der Waals surface area contributed by atoms with Gasteiger partial charge in [-0.3, -0.25) is 13.9 Å². The second kappa shape index (κ2) is 12.7. The number of ether oxygens (including phenoxy) is 3. The van der Waals surface area contributed by atoms with Crippen molar-refractivity contribution >= 4 is 30.8 Å². The average molecular weight is 625 g/mol. The molecule has 3 heterocycles. The molecule has 1 aromatic carbocycles. The number of carbonyl (C=O) groups excluding carboxylic acids is 1. The SMILES string of the molecule is CCOc1nc(N)nc2c1ncn2[C@@H]1OC(COP(=O)(NC(C)C(=O)OCC(C)(C)C)Oc2ccccc2)[C@@H](F)[C@@]1(C)O. The Kier molecular flexibility index (Phi) is 9.62. The second-order valence-corrected chi connectivity index (χ2v) is 13.2. The summed E-state index contributed by atoms with van der Waals surface area (Å²) in [6, 6.07) is 7.02. The lowest BCUT2D eigenvalue weighted by molar-refractivity contribution is -0.148. The van der Waals surface area contributed by atoms with E-state index in [1.54, 1.807) is 37.3 Å². The van der Waals surface area contributed by atoms with Gasteiger partial charge >= 0.3 is 13.7 Å². The van der Waals surface area contributed by atoms with Crippen LogP contribution in [-0.2, 0) is 23.4 Å². The van der Waals surface area contributed by atoms with Crippen molar-refractivity contribution in [3.63, 3.8) is 0 Å². The van der Waals surface area contributed by atoms with Gasteiger partial charge in [-0.15, -0.1) is 0 Å². The van der Waals surface area contributed by atoms with Crippen molar-refractivity contribution in [3.05, 3.63) is 36.7 Å². The molecule has 0 aliphatic carbocycles. The minimum absolute atomic E-state index is 0.118. The predicted molar refractivity (Wildman–Crippen MR) is 154 cm³/mol. The summed E-state index contributed by atoms with van der Waals surface area (Å²) in [6.45, 7) is 9.93. The number of aliphatic hydroxyl groups is 1. The van der Waals surface area contributed by atoms with E-state index in [2.05, 4.69) is 20.0 Å². The van der Waals surface area contributed by atoms with Gasteiger partial charge in [0.15, 0.2) is 23.6 Å². The van der Waals surface area contributed by atoms with Gasteiger partial charge in [0.05, 0.1) is 26.1 Å². The average Bonchev–Trinajstić information content (AvgIpc) is 3.44. The molecule has 1 saturated heterocycles. The third-order valence-electron chi connectivity index (χ3n) is 6.36. The highest BCUT2D eigenvalue weighted by Crippen LogP contribution is 2.48. The number of anilines is 1. The molecule has 4 N–H and O–H groups in total. The third kappa shape index (κ3) is 7.60. The number of halogens is 1. The molecule has 0 radical (unpaired) electrons. The van der Waals surface area contributed by atoms with E-state index in [1.165, 1.54) is 24.7 Å². The number of hydrogen-bond donors (Lipinski definition) is 3. The number of rotatable bonds is 12. The first-order chi connectivity index (χ1) is 20.1. The van der Waals surface area contributed by atoms with E-state index < -0.39 is 50.5 Å². The van der Waals surface area contributed by atoms with Crippen molar-refractivity contribution in [3.8, 4) is 11.6 Å². The monoisotopic (exact) mass is 624 g/mol. The normalized spacial score (nSPS) is 24.4. The number of benzene rings is 1. The number of nitrogens with one attached hydrogen (secondary N) is 1. The zero-order chi connectivity index (χ0) is 31.6. The van der Waals surface area contributed by atoms with Crippen molar-refractivity contribution in [2.45, 2.75) is 71.7 Å². The van der Waals surface area contributed by atoms with Gasteiger partial charge in [-0.1, -0.05) is 39.0 Å². The van der Waals surface area contributed by atoms with Gasteiger partial charge in [0.25, 0.3) is 0 Å². The summed E-state index contributed by atoms with van der Waals surface area (Å²) in [5.74, 6) is -0.501. The molecule has 2 aromatic heterocycles. The molecule has 0 amide bonds. The molecule has 1 fully saturated rings. The first kappa shape index (κ1) is 32.6. The minimum Gasteiger partial charge on any atom is -0.476 e. The maximum atomic E-state index is 15.7. The molecule has 4 rings (SSSR count). The molecule has 0 spiro atoms. The number of esters is 1. The van der Waals surface area contributed by atoms with Crippen LogP contribution in [-0.4, -0.2) is 74.3 Å². The topological polar surface area (TPSA) is 182 Å². The Morgan fingerprint density at radius 2 is 2.00 bits per heavy atom. The Bertz CT molecular complexity index is 1470. The van der Waals surface area contributed by atoms with Crippen LogP contribution in [0, 0.1) is 5.41 Å². The van der Waals surface area contributed by atoms with Gasteiger partial charge in [-0.05, 0) is 38.3 Å². The first-order valence-electron chi connectivity index (χ1n) is 13.7. The third-order valence-corrected chi connectivity index (χ3v) is 8.00. The van der Waals surface area contributed by atoms with Crippen LogP contribution < -0.4 is 20.1 Å². The number of nitrogens with zero attached hydrogens (tertiary/aromatic N) is 4.